The Balaban J connectivity index is 1.38. The number of fused-ring (bicyclic) bond motifs is 2. The van der Waals surface area contributed by atoms with Gasteiger partial charge in [0.25, 0.3) is 0 Å². The van der Waals surface area contributed by atoms with Gasteiger partial charge in [-0.2, -0.15) is 10.4 Å². The smallest absolute Gasteiger partial charge is 0.235 e. The van der Waals surface area contributed by atoms with Crippen LogP contribution in [0, 0.1) is 11.3 Å². The van der Waals surface area contributed by atoms with Gasteiger partial charge in [0.2, 0.25) is 5.91 Å². The van der Waals surface area contributed by atoms with E-state index >= 15 is 0 Å². The van der Waals surface area contributed by atoms with E-state index in [0.717, 1.165) is 61.7 Å². The summed E-state index contributed by atoms with van der Waals surface area (Å²) >= 11 is 1.34. The minimum absolute atomic E-state index is 0.130. The number of hydrogen-bond acceptors (Lipinski definition) is 7. The van der Waals surface area contributed by atoms with E-state index in [0.29, 0.717) is 23.0 Å². The highest BCUT2D eigenvalue weighted by molar-refractivity contribution is 8.00. The van der Waals surface area contributed by atoms with Crippen molar-refractivity contribution >= 4 is 34.5 Å². The molecule has 1 unspecified atom stereocenters. The van der Waals surface area contributed by atoms with E-state index in [1.807, 2.05) is 7.05 Å². The number of carbonyl (C=O) groups is 1. The number of nitrogens with one attached hydrogen (secondary N) is 1. The minimum atomic E-state index is -0.161. The van der Waals surface area contributed by atoms with Crippen LogP contribution < -0.4 is 5.32 Å². The zero-order valence-corrected chi connectivity index (χ0v) is 18.8. The number of aryl methyl sites for hydroxylation is 1. The van der Waals surface area contributed by atoms with Gasteiger partial charge in [-0.05, 0) is 44.1 Å². The van der Waals surface area contributed by atoms with Crippen molar-refractivity contribution in [2.24, 2.45) is 7.05 Å². The molecule has 3 aromatic heterocycles. The fraction of sp³-hybridized carbons (Fsp3) is 0.500. The number of rotatable bonds is 6. The maximum atomic E-state index is 12.9. The molecule has 0 spiro atoms. The number of hydrogen-bond donors (Lipinski definition) is 1. The van der Waals surface area contributed by atoms with Crippen LogP contribution in [0.3, 0.4) is 0 Å². The predicted molar refractivity (Wildman–Crippen MR) is 120 cm³/mol. The van der Waals surface area contributed by atoms with E-state index in [2.05, 4.69) is 31.0 Å². The zero-order chi connectivity index (χ0) is 22.1. The van der Waals surface area contributed by atoms with Crippen molar-refractivity contribution in [3.63, 3.8) is 0 Å². The normalized spacial score (nSPS) is 17.9. The van der Waals surface area contributed by atoms with Crippen LogP contribution in [0.15, 0.2) is 17.6 Å². The molecule has 5 rings (SSSR count). The number of carbonyl (C=O) groups excluding carboxylic acids is 1. The molecule has 166 valence electrons. The molecule has 10 heteroatoms. The van der Waals surface area contributed by atoms with Gasteiger partial charge in [0.05, 0.1) is 35.5 Å². The Morgan fingerprint density at radius 3 is 3.03 bits per heavy atom. The fourth-order valence-corrected chi connectivity index (χ4v) is 5.43. The summed E-state index contributed by atoms with van der Waals surface area (Å²) in [5.41, 5.74) is 3.60. The summed E-state index contributed by atoms with van der Waals surface area (Å²) in [6.07, 6.45) is 9.38. The van der Waals surface area contributed by atoms with Crippen LogP contribution in [0.5, 0.6) is 0 Å². The second-order valence-electron chi connectivity index (χ2n) is 8.23. The Labute approximate surface area is 190 Å². The first-order chi connectivity index (χ1) is 15.7. The van der Waals surface area contributed by atoms with Gasteiger partial charge < -0.3 is 14.6 Å². The Hall–Kier alpha value is -2.90. The van der Waals surface area contributed by atoms with E-state index in [1.54, 1.807) is 10.9 Å². The lowest BCUT2D eigenvalue weighted by molar-refractivity contribution is -0.113. The van der Waals surface area contributed by atoms with E-state index in [-0.39, 0.29) is 17.8 Å². The molecule has 3 aromatic rings. The maximum Gasteiger partial charge on any atom is 0.235 e. The summed E-state index contributed by atoms with van der Waals surface area (Å²) in [7, 11) is 1.82. The standard InChI is InChI=1S/C22H25N7O2S/c1-28-20-17(10-26-28)22(25-13-24-20)32-12-19(30)27-21-16(9-23)15-6-2-3-7-18(15)29(21)11-14-5-4-8-31-14/h10,13-14H,2-8,11-12H2,1H3,(H,27,30). The third-order valence-electron chi connectivity index (χ3n) is 6.19. The van der Waals surface area contributed by atoms with Crippen molar-refractivity contribution in [2.45, 2.75) is 56.2 Å². The molecule has 2 aliphatic rings. The molecule has 0 saturated carbocycles. The van der Waals surface area contributed by atoms with Gasteiger partial charge in [-0.3, -0.25) is 9.48 Å². The lowest BCUT2D eigenvalue weighted by Gasteiger charge is -2.19. The third kappa shape index (κ3) is 3.87. The Bertz CT molecular complexity index is 1200. The molecule has 4 heterocycles. The first kappa shape index (κ1) is 21.0. The molecule has 1 aliphatic carbocycles. The van der Waals surface area contributed by atoms with Gasteiger partial charge in [-0.1, -0.05) is 11.8 Å². The average molecular weight is 452 g/mol. The largest absolute Gasteiger partial charge is 0.376 e. The second kappa shape index (κ2) is 8.92. The topological polar surface area (TPSA) is 111 Å². The lowest BCUT2D eigenvalue weighted by atomic mass is 9.95. The lowest BCUT2D eigenvalue weighted by Crippen LogP contribution is -2.23. The summed E-state index contributed by atoms with van der Waals surface area (Å²) in [6.45, 7) is 1.45. The summed E-state index contributed by atoms with van der Waals surface area (Å²) in [5, 5.41) is 18.7. The number of thioether (sulfide) groups is 1. The van der Waals surface area contributed by atoms with Crippen molar-refractivity contribution in [2.75, 3.05) is 17.7 Å². The molecule has 0 aromatic carbocycles. The molecule has 1 N–H and O–H groups in total. The van der Waals surface area contributed by atoms with Crippen molar-refractivity contribution in [1.29, 1.82) is 5.26 Å². The summed E-state index contributed by atoms with van der Waals surface area (Å²) in [6, 6.07) is 2.36. The van der Waals surface area contributed by atoms with Crippen LogP contribution in [0.25, 0.3) is 11.0 Å². The van der Waals surface area contributed by atoms with Crippen LogP contribution in [0.1, 0.15) is 42.5 Å². The number of anilines is 1. The van der Waals surface area contributed by atoms with E-state index < -0.39 is 0 Å². The second-order valence-corrected chi connectivity index (χ2v) is 9.20. The van der Waals surface area contributed by atoms with Crippen LogP contribution in [0.4, 0.5) is 5.82 Å². The van der Waals surface area contributed by atoms with Gasteiger partial charge in [0.15, 0.2) is 5.65 Å². The van der Waals surface area contributed by atoms with E-state index in [9.17, 15) is 10.1 Å². The molecular formula is C22H25N7O2S. The van der Waals surface area contributed by atoms with Crippen LogP contribution in [-0.4, -0.2) is 48.7 Å². The Morgan fingerprint density at radius 1 is 1.34 bits per heavy atom. The predicted octanol–water partition coefficient (Wildman–Crippen LogP) is 2.83. The van der Waals surface area contributed by atoms with E-state index in [4.69, 9.17) is 4.74 Å². The number of aromatic nitrogens is 5. The van der Waals surface area contributed by atoms with Gasteiger partial charge in [-0.25, -0.2) is 9.97 Å². The zero-order valence-electron chi connectivity index (χ0n) is 18.0. The van der Waals surface area contributed by atoms with Crippen molar-refractivity contribution in [3.8, 4) is 6.07 Å². The summed E-state index contributed by atoms with van der Waals surface area (Å²) < 4.78 is 9.67. The number of nitriles is 1. The van der Waals surface area contributed by atoms with Crippen molar-refractivity contribution in [1.82, 2.24) is 24.3 Å². The highest BCUT2D eigenvalue weighted by Gasteiger charge is 2.28. The maximum absolute atomic E-state index is 12.9. The summed E-state index contributed by atoms with van der Waals surface area (Å²) in [5.74, 6) is 0.641. The fourth-order valence-electron chi connectivity index (χ4n) is 4.67. The first-order valence-corrected chi connectivity index (χ1v) is 12.0. The molecule has 1 saturated heterocycles. The average Bonchev–Trinajstić information content (AvgIpc) is 3.52. The monoisotopic (exact) mass is 451 g/mol. The van der Waals surface area contributed by atoms with Gasteiger partial charge >= 0.3 is 0 Å². The minimum Gasteiger partial charge on any atom is -0.376 e. The van der Waals surface area contributed by atoms with Gasteiger partial charge in [-0.15, -0.1) is 0 Å². The molecule has 1 amide bonds. The number of nitrogens with zero attached hydrogens (tertiary/aromatic N) is 6. The molecule has 0 radical (unpaired) electrons. The summed E-state index contributed by atoms with van der Waals surface area (Å²) in [4.78, 5) is 21.5. The van der Waals surface area contributed by atoms with E-state index in [1.165, 1.54) is 23.8 Å². The highest BCUT2D eigenvalue weighted by atomic mass is 32.2. The first-order valence-electron chi connectivity index (χ1n) is 11.0. The molecule has 9 nitrogen and oxygen atoms in total. The van der Waals surface area contributed by atoms with Gasteiger partial charge in [0, 0.05) is 19.3 Å². The van der Waals surface area contributed by atoms with Gasteiger partial charge in [0.1, 0.15) is 23.2 Å². The van der Waals surface area contributed by atoms with Crippen molar-refractivity contribution < 1.29 is 9.53 Å². The third-order valence-corrected chi connectivity index (χ3v) is 7.19. The molecule has 0 bridgehead atoms. The quantitative estimate of drug-likeness (QED) is 0.453. The molecular weight excluding hydrogens is 426 g/mol. The SMILES string of the molecule is Cn1ncc2c(SCC(=O)Nc3c(C#N)c4c(n3CC3CCCO3)CCCC4)ncnc21. The van der Waals surface area contributed by atoms with Crippen LogP contribution >= 0.6 is 11.8 Å². The molecule has 32 heavy (non-hydrogen) atoms. The van der Waals surface area contributed by atoms with Crippen LogP contribution in [0.2, 0.25) is 0 Å². The number of amides is 1. The molecule has 1 fully saturated rings. The highest BCUT2D eigenvalue weighted by Crippen LogP contribution is 2.34. The molecule has 1 atom stereocenters. The number of ether oxygens (including phenoxy) is 1. The molecule has 1 aliphatic heterocycles. The Kier molecular flexibility index (Phi) is 5.85. The Morgan fingerprint density at radius 2 is 2.22 bits per heavy atom. The van der Waals surface area contributed by atoms with Crippen LogP contribution in [-0.2, 0) is 36.0 Å². The van der Waals surface area contributed by atoms with Crippen molar-refractivity contribution in [3.05, 3.63) is 29.3 Å².